The monoisotopic (exact) mass is 303 g/mol. The van der Waals surface area contributed by atoms with Crippen molar-refractivity contribution < 1.29 is 4.79 Å². The van der Waals surface area contributed by atoms with E-state index in [1.54, 1.807) is 17.0 Å². The third-order valence-corrected chi connectivity index (χ3v) is 3.83. The van der Waals surface area contributed by atoms with E-state index in [4.69, 9.17) is 0 Å². The Morgan fingerprint density at radius 3 is 2.50 bits per heavy atom. The van der Waals surface area contributed by atoms with E-state index in [1.165, 1.54) is 0 Å². The number of hydrogen-bond donors (Lipinski definition) is 0. The lowest BCUT2D eigenvalue weighted by atomic mass is 10.1. The van der Waals surface area contributed by atoms with E-state index in [2.05, 4.69) is 26.0 Å². The fourth-order valence-corrected chi connectivity index (χ4v) is 2.48. The molecule has 0 N–H and O–H groups in total. The zero-order valence-electron chi connectivity index (χ0n) is 9.51. The largest absolute Gasteiger partial charge is 0.235 e. The molecule has 1 fully saturated rings. The van der Waals surface area contributed by atoms with Crippen molar-refractivity contribution in [3.8, 4) is 5.69 Å². The number of benzene rings is 1. The van der Waals surface area contributed by atoms with Crippen LogP contribution in [0.1, 0.15) is 18.4 Å². The quantitative estimate of drug-likeness (QED) is 0.646. The Kier molecular flexibility index (Phi) is 2.65. The van der Waals surface area contributed by atoms with Crippen LogP contribution >= 0.6 is 15.9 Å². The molecule has 0 aliphatic heterocycles. The maximum absolute atomic E-state index is 10.4. The molecule has 18 heavy (non-hydrogen) atoms. The smallest absolute Gasteiger partial charge is 0.227 e. The Labute approximate surface area is 112 Å². The molecular weight excluding hydrogens is 294 g/mol. The number of isocyanates is 1. The zero-order valence-corrected chi connectivity index (χ0v) is 11.1. The van der Waals surface area contributed by atoms with E-state index >= 15 is 0 Å². The Hall–Kier alpha value is -1.71. The summed E-state index contributed by atoms with van der Waals surface area (Å²) < 4.78 is 2.70. The number of hydrogen-bond acceptors (Lipinski definition) is 3. The Morgan fingerprint density at radius 1 is 1.28 bits per heavy atom. The summed E-state index contributed by atoms with van der Waals surface area (Å²) in [6, 6.07) is 9.84. The van der Waals surface area contributed by atoms with Crippen LogP contribution in [0.25, 0.3) is 5.69 Å². The van der Waals surface area contributed by atoms with Gasteiger partial charge in [-0.15, -0.1) is 0 Å². The van der Waals surface area contributed by atoms with Crippen molar-refractivity contribution in [3.63, 3.8) is 0 Å². The molecule has 0 radical (unpaired) electrons. The minimum Gasteiger partial charge on any atom is -0.227 e. The second-order valence-electron chi connectivity index (χ2n) is 4.35. The lowest BCUT2D eigenvalue weighted by Crippen LogP contribution is -2.03. The number of rotatable bonds is 3. The molecule has 1 aliphatic carbocycles. The van der Waals surface area contributed by atoms with Crippen molar-refractivity contribution in [2.75, 3.05) is 0 Å². The van der Waals surface area contributed by atoms with Crippen molar-refractivity contribution in [3.05, 3.63) is 46.7 Å². The van der Waals surface area contributed by atoms with Crippen LogP contribution in [-0.4, -0.2) is 15.9 Å². The fraction of sp³-hybridized carbons (Fsp3) is 0.231. The van der Waals surface area contributed by atoms with Gasteiger partial charge in [-0.3, -0.25) is 0 Å². The van der Waals surface area contributed by atoms with Crippen LogP contribution in [0.2, 0.25) is 0 Å². The first-order chi connectivity index (χ1) is 8.75. The predicted molar refractivity (Wildman–Crippen MR) is 70.3 cm³/mol. The summed E-state index contributed by atoms with van der Waals surface area (Å²) >= 11 is 3.43. The summed E-state index contributed by atoms with van der Waals surface area (Å²) in [7, 11) is 0. The predicted octanol–water partition coefficient (Wildman–Crippen LogP) is 2.96. The van der Waals surface area contributed by atoms with Gasteiger partial charge in [0.15, 0.2) is 0 Å². The molecule has 4 nitrogen and oxygen atoms in total. The van der Waals surface area contributed by atoms with Gasteiger partial charge in [-0.25, -0.2) is 9.48 Å². The molecule has 1 saturated carbocycles. The van der Waals surface area contributed by atoms with Crippen molar-refractivity contribution >= 4 is 22.0 Å². The van der Waals surface area contributed by atoms with Gasteiger partial charge in [-0.1, -0.05) is 12.1 Å². The van der Waals surface area contributed by atoms with Gasteiger partial charge in [0, 0.05) is 0 Å². The van der Waals surface area contributed by atoms with Gasteiger partial charge in [0.05, 0.1) is 17.4 Å². The molecule has 1 aliphatic rings. The summed E-state index contributed by atoms with van der Waals surface area (Å²) in [6.45, 7) is 0. The zero-order chi connectivity index (χ0) is 12.6. The van der Waals surface area contributed by atoms with E-state index in [1.807, 2.05) is 30.3 Å². The van der Waals surface area contributed by atoms with Gasteiger partial charge >= 0.3 is 0 Å². The van der Waals surface area contributed by atoms with E-state index in [0.717, 1.165) is 28.7 Å². The maximum atomic E-state index is 10.4. The van der Waals surface area contributed by atoms with Crippen LogP contribution in [0.4, 0.5) is 0 Å². The maximum Gasteiger partial charge on any atom is 0.235 e. The molecule has 0 bridgehead atoms. The van der Waals surface area contributed by atoms with Crippen LogP contribution in [-0.2, 0) is 10.3 Å². The standard InChI is InChI=1S/C13H10BrN3O/c14-12-5-8-16-17(12)11-3-1-10(2-4-11)13(6-7-13)15-9-18/h1-5,8H,6-7H2. The van der Waals surface area contributed by atoms with Crippen molar-refractivity contribution in [2.45, 2.75) is 18.4 Å². The summed E-state index contributed by atoms with van der Waals surface area (Å²) in [5.41, 5.74) is 1.74. The van der Waals surface area contributed by atoms with Crippen LogP contribution in [0.5, 0.6) is 0 Å². The molecule has 0 amide bonds. The molecular formula is C13H10BrN3O. The van der Waals surface area contributed by atoms with Crippen LogP contribution < -0.4 is 0 Å². The number of aliphatic imine (C=N–C) groups is 1. The van der Waals surface area contributed by atoms with Gasteiger partial charge in [0.2, 0.25) is 6.08 Å². The highest BCUT2D eigenvalue weighted by Gasteiger charge is 2.44. The third-order valence-electron chi connectivity index (χ3n) is 3.23. The van der Waals surface area contributed by atoms with Crippen LogP contribution in [0, 0.1) is 0 Å². The average molecular weight is 304 g/mol. The van der Waals surface area contributed by atoms with E-state index < -0.39 is 0 Å². The van der Waals surface area contributed by atoms with Gasteiger partial charge in [0.1, 0.15) is 4.60 Å². The highest BCUT2D eigenvalue weighted by atomic mass is 79.9. The first-order valence-corrected chi connectivity index (χ1v) is 6.44. The Bertz CT molecular complexity index is 622. The highest BCUT2D eigenvalue weighted by molar-refractivity contribution is 9.10. The van der Waals surface area contributed by atoms with E-state index in [9.17, 15) is 4.79 Å². The van der Waals surface area contributed by atoms with Crippen molar-refractivity contribution in [1.82, 2.24) is 9.78 Å². The molecule has 5 heteroatoms. The number of carbonyl (C=O) groups excluding carboxylic acids is 1. The number of nitrogens with zero attached hydrogens (tertiary/aromatic N) is 3. The summed E-state index contributed by atoms with van der Waals surface area (Å²) in [5.74, 6) is 0. The SMILES string of the molecule is O=C=NC1(c2ccc(-n3nccc3Br)cc2)CC1. The summed E-state index contributed by atoms with van der Waals surface area (Å²) in [5, 5.41) is 4.21. The molecule has 1 heterocycles. The minimum absolute atomic E-state index is 0.304. The Balaban J connectivity index is 1.95. The highest BCUT2D eigenvalue weighted by Crippen LogP contribution is 2.49. The minimum atomic E-state index is -0.304. The van der Waals surface area contributed by atoms with E-state index in [-0.39, 0.29) is 5.54 Å². The van der Waals surface area contributed by atoms with E-state index in [0.29, 0.717) is 0 Å². The molecule has 1 aromatic heterocycles. The molecule has 2 aromatic rings. The first kappa shape index (κ1) is 11.4. The molecule has 1 aromatic carbocycles. The third kappa shape index (κ3) is 1.82. The van der Waals surface area contributed by atoms with Gasteiger partial charge in [-0.05, 0) is 52.5 Å². The summed E-state index contributed by atoms with van der Waals surface area (Å²) in [6.07, 6.45) is 5.25. The molecule has 0 saturated heterocycles. The summed E-state index contributed by atoms with van der Waals surface area (Å²) in [4.78, 5) is 14.3. The second kappa shape index (κ2) is 4.19. The van der Waals surface area contributed by atoms with Crippen LogP contribution in [0.3, 0.4) is 0 Å². The molecule has 0 unspecified atom stereocenters. The van der Waals surface area contributed by atoms with Gasteiger partial charge in [0.25, 0.3) is 0 Å². The van der Waals surface area contributed by atoms with Gasteiger partial charge in [-0.2, -0.15) is 10.1 Å². The molecule has 0 spiro atoms. The number of halogens is 1. The topological polar surface area (TPSA) is 47.2 Å². The molecule has 0 atom stereocenters. The lowest BCUT2D eigenvalue weighted by Gasteiger charge is -2.09. The number of aromatic nitrogens is 2. The normalized spacial score (nSPS) is 16.1. The molecule has 3 rings (SSSR count). The second-order valence-corrected chi connectivity index (χ2v) is 5.16. The van der Waals surface area contributed by atoms with Gasteiger partial charge < -0.3 is 0 Å². The Morgan fingerprint density at radius 2 is 2.00 bits per heavy atom. The van der Waals surface area contributed by atoms with Crippen LogP contribution in [0.15, 0.2) is 46.1 Å². The molecule has 90 valence electrons. The lowest BCUT2D eigenvalue weighted by molar-refractivity contribution is 0.556. The first-order valence-electron chi connectivity index (χ1n) is 5.65. The van der Waals surface area contributed by atoms with Crippen molar-refractivity contribution in [1.29, 1.82) is 0 Å². The van der Waals surface area contributed by atoms with Crippen molar-refractivity contribution in [2.24, 2.45) is 4.99 Å². The fourth-order valence-electron chi connectivity index (χ4n) is 2.06. The average Bonchev–Trinajstić information content (AvgIpc) is 3.05.